The van der Waals surface area contributed by atoms with Gasteiger partial charge in [-0.3, -0.25) is 0 Å². The second kappa shape index (κ2) is 8.49. The second-order valence-electron chi connectivity index (χ2n) is 5.93. The van der Waals surface area contributed by atoms with E-state index in [2.05, 4.69) is 5.32 Å². The molecule has 0 radical (unpaired) electrons. The first-order chi connectivity index (χ1) is 11.7. The number of nitrogens with zero attached hydrogens (tertiary/aromatic N) is 1. The number of furan rings is 1. The Morgan fingerprint density at radius 3 is 2.75 bits per heavy atom. The number of benzene rings is 1. The van der Waals surface area contributed by atoms with Crippen LogP contribution in [-0.2, 0) is 5.75 Å². The van der Waals surface area contributed by atoms with Gasteiger partial charge < -0.3 is 14.6 Å². The Hall–Kier alpha value is -1.59. The van der Waals surface area contributed by atoms with Gasteiger partial charge >= 0.3 is 6.03 Å². The summed E-state index contributed by atoms with van der Waals surface area (Å²) in [5.74, 6) is 3.71. The molecule has 1 saturated heterocycles. The molecule has 1 aromatic heterocycles. The molecule has 1 N–H and O–H groups in total. The molecule has 1 aliphatic heterocycles. The zero-order valence-electron chi connectivity index (χ0n) is 13.4. The van der Waals surface area contributed by atoms with Crippen LogP contribution in [0.4, 0.5) is 10.5 Å². The lowest BCUT2D eigenvalue weighted by Gasteiger charge is -2.32. The Bertz CT molecular complexity index is 655. The van der Waals surface area contributed by atoms with E-state index < -0.39 is 0 Å². The van der Waals surface area contributed by atoms with E-state index in [-0.39, 0.29) is 6.03 Å². The fraction of sp³-hybridized carbons (Fsp3) is 0.389. The van der Waals surface area contributed by atoms with Gasteiger partial charge in [-0.05, 0) is 48.8 Å². The van der Waals surface area contributed by atoms with Crippen molar-refractivity contribution < 1.29 is 9.21 Å². The number of carbonyl (C=O) groups excluding carboxylic acids is 1. The number of likely N-dealkylation sites (tertiary alicyclic amines) is 1. The van der Waals surface area contributed by atoms with Gasteiger partial charge in [-0.15, -0.1) is 0 Å². The molecule has 128 valence electrons. The fourth-order valence-corrected chi connectivity index (χ4v) is 4.11. The second-order valence-corrected chi connectivity index (χ2v) is 7.37. The molecule has 0 aliphatic carbocycles. The minimum absolute atomic E-state index is 0.0650. The number of halogens is 1. The van der Waals surface area contributed by atoms with Gasteiger partial charge in [-0.1, -0.05) is 23.7 Å². The number of carbonyl (C=O) groups is 1. The number of urea groups is 1. The third-order valence-corrected chi connectivity index (χ3v) is 5.72. The highest BCUT2D eigenvalue weighted by Crippen LogP contribution is 2.25. The summed E-state index contributed by atoms with van der Waals surface area (Å²) in [6.45, 7) is 1.59. The number of hydrogen-bond donors (Lipinski definition) is 1. The highest BCUT2D eigenvalue weighted by molar-refractivity contribution is 7.98. The smallest absolute Gasteiger partial charge is 0.321 e. The molecule has 1 fully saturated rings. The summed E-state index contributed by atoms with van der Waals surface area (Å²) in [4.78, 5) is 14.2. The molecule has 1 aromatic carbocycles. The summed E-state index contributed by atoms with van der Waals surface area (Å²) in [6.07, 6.45) is 3.80. The average Bonchev–Trinajstić information content (AvgIpc) is 3.11. The number of hydrogen-bond acceptors (Lipinski definition) is 3. The first kappa shape index (κ1) is 17.2. The van der Waals surface area contributed by atoms with E-state index in [9.17, 15) is 4.79 Å². The zero-order chi connectivity index (χ0) is 16.8. The normalized spacial score (nSPS) is 15.5. The Labute approximate surface area is 151 Å². The van der Waals surface area contributed by atoms with Gasteiger partial charge in [0.2, 0.25) is 0 Å². The van der Waals surface area contributed by atoms with Crippen molar-refractivity contribution in [1.29, 1.82) is 0 Å². The van der Waals surface area contributed by atoms with E-state index in [1.165, 1.54) is 0 Å². The molecular weight excluding hydrogens is 344 g/mol. The maximum absolute atomic E-state index is 12.3. The Kier molecular flexibility index (Phi) is 6.10. The first-order valence-corrected chi connectivity index (χ1v) is 9.66. The van der Waals surface area contributed by atoms with Crippen molar-refractivity contribution in [3.8, 4) is 0 Å². The largest absolute Gasteiger partial charge is 0.468 e. The van der Waals surface area contributed by atoms with Crippen LogP contribution in [0.15, 0.2) is 47.1 Å². The Balaban J connectivity index is 1.40. The standard InChI is InChI=1S/C18H21ClN2O2S/c19-16-5-1-2-6-17(16)20-18(22)21-9-7-14(8-10-21)12-24-13-15-4-3-11-23-15/h1-6,11,14H,7-10,12-13H2,(H,20,22). The topological polar surface area (TPSA) is 45.5 Å². The monoisotopic (exact) mass is 364 g/mol. The SMILES string of the molecule is O=C(Nc1ccccc1Cl)N1CCC(CSCc2ccco2)CC1. The van der Waals surface area contributed by atoms with Crippen LogP contribution in [0.3, 0.4) is 0 Å². The fourth-order valence-electron chi connectivity index (χ4n) is 2.78. The highest BCUT2D eigenvalue weighted by atomic mass is 35.5. The summed E-state index contributed by atoms with van der Waals surface area (Å²) in [6, 6.07) is 11.2. The van der Waals surface area contributed by atoms with E-state index >= 15 is 0 Å². The Morgan fingerprint density at radius 1 is 1.25 bits per heavy atom. The molecule has 2 amide bonds. The van der Waals surface area contributed by atoms with Gasteiger partial charge in [0.15, 0.2) is 0 Å². The van der Waals surface area contributed by atoms with Crippen molar-refractivity contribution >= 4 is 35.1 Å². The molecule has 0 spiro atoms. The summed E-state index contributed by atoms with van der Waals surface area (Å²) in [5, 5.41) is 3.46. The van der Waals surface area contributed by atoms with Gasteiger partial charge in [0, 0.05) is 13.1 Å². The van der Waals surface area contributed by atoms with Crippen LogP contribution in [0.1, 0.15) is 18.6 Å². The van der Waals surface area contributed by atoms with Gasteiger partial charge in [-0.25, -0.2) is 4.79 Å². The number of anilines is 1. The molecule has 6 heteroatoms. The lowest BCUT2D eigenvalue weighted by Crippen LogP contribution is -2.41. The molecule has 3 rings (SSSR count). The van der Waals surface area contributed by atoms with Crippen LogP contribution in [-0.4, -0.2) is 29.8 Å². The van der Waals surface area contributed by atoms with Crippen LogP contribution in [0.25, 0.3) is 0 Å². The van der Waals surface area contributed by atoms with Crippen LogP contribution in [0, 0.1) is 5.92 Å². The lowest BCUT2D eigenvalue weighted by atomic mass is 9.99. The summed E-state index contributed by atoms with van der Waals surface area (Å²) in [7, 11) is 0. The minimum atomic E-state index is -0.0650. The van der Waals surface area contributed by atoms with Crippen molar-refractivity contribution in [3.05, 3.63) is 53.4 Å². The predicted octanol–water partition coefficient (Wildman–Crippen LogP) is 5.11. The molecule has 0 atom stereocenters. The van der Waals surface area contributed by atoms with Crippen LogP contribution >= 0.6 is 23.4 Å². The summed E-state index contributed by atoms with van der Waals surface area (Å²) >= 11 is 7.99. The van der Waals surface area contributed by atoms with Crippen molar-refractivity contribution in [1.82, 2.24) is 4.90 Å². The number of para-hydroxylation sites is 1. The number of nitrogens with one attached hydrogen (secondary N) is 1. The quantitative estimate of drug-likeness (QED) is 0.801. The maximum atomic E-state index is 12.3. The van der Waals surface area contributed by atoms with Gasteiger partial charge in [0.25, 0.3) is 0 Å². The number of thioether (sulfide) groups is 1. The molecule has 2 aromatic rings. The maximum Gasteiger partial charge on any atom is 0.321 e. The van der Waals surface area contributed by atoms with Gasteiger partial charge in [-0.2, -0.15) is 11.8 Å². The molecular formula is C18H21ClN2O2S. The van der Waals surface area contributed by atoms with E-state index in [4.69, 9.17) is 16.0 Å². The van der Waals surface area contributed by atoms with Crippen molar-refractivity contribution in [2.24, 2.45) is 5.92 Å². The van der Waals surface area contributed by atoms with Crippen LogP contribution in [0.2, 0.25) is 5.02 Å². The number of piperidine rings is 1. The molecule has 0 unspecified atom stereocenters. The Morgan fingerprint density at radius 2 is 2.04 bits per heavy atom. The van der Waals surface area contributed by atoms with E-state index in [0.717, 1.165) is 43.2 Å². The minimum Gasteiger partial charge on any atom is -0.468 e. The predicted molar refractivity (Wildman–Crippen MR) is 99.6 cm³/mol. The number of rotatable bonds is 5. The van der Waals surface area contributed by atoms with Crippen molar-refractivity contribution in [2.75, 3.05) is 24.2 Å². The molecule has 0 saturated carbocycles. The van der Waals surface area contributed by atoms with E-state index in [1.807, 2.05) is 47.0 Å². The summed E-state index contributed by atoms with van der Waals surface area (Å²) in [5.41, 5.74) is 0.667. The zero-order valence-corrected chi connectivity index (χ0v) is 15.0. The highest BCUT2D eigenvalue weighted by Gasteiger charge is 2.23. The van der Waals surface area contributed by atoms with Gasteiger partial charge in [0.1, 0.15) is 5.76 Å². The molecule has 24 heavy (non-hydrogen) atoms. The van der Waals surface area contributed by atoms with Crippen LogP contribution in [0.5, 0.6) is 0 Å². The third kappa shape index (κ3) is 4.71. The average molecular weight is 365 g/mol. The van der Waals surface area contributed by atoms with Crippen LogP contribution < -0.4 is 5.32 Å². The third-order valence-electron chi connectivity index (χ3n) is 4.20. The van der Waals surface area contributed by atoms with Gasteiger partial charge in [0.05, 0.1) is 22.7 Å². The molecule has 0 bridgehead atoms. The molecule has 1 aliphatic rings. The lowest BCUT2D eigenvalue weighted by molar-refractivity contribution is 0.187. The molecule has 4 nitrogen and oxygen atoms in total. The number of amides is 2. The van der Waals surface area contributed by atoms with E-state index in [1.54, 1.807) is 12.3 Å². The van der Waals surface area contributed by atoms with Crippen molar-refractivity contribution in [3.63, 3.8) is 0 Å². The summed E-state index contributed by atoms with van der Waals surface area (Å²) < 4.78 is 5.34. The first-order valence-electron chi connectivity index (χ1n) is 8.13. The molecule has 2 heterocycles. The van der Waals surface area contributed by atoms with Crippen molar-refractivity contribution in [2.45, 2.75) is 18.6 Å². The van der Waals surface area contributed by atoms with E-state index in [0.29, 0.717) is 16.6 Å².